The zero-order chi connectivity index (χ0) is 17.2. The fourth-order valence-corrected chi connectivity index (χ4v) is 2.91. The largest absolute Gasteiger partial charge is 0.361 e. The molecule has 3 aromatic carbocycles. The van der Waals surface area contributed by atoms with Crippen LogP contribution in [0.5, 0.6) is 0 Å². The van der Waals surface area contributed by atoms with Gasteiger partial charge in [0.15, 0.2) is 0 Å². The first-order chi connectivity index (χ1) is 12.2. The maximum Gasteiger partial charge on any atom is 0.255 e. The van der Waals surface area contributed by atoms with Gasteiger partial charge in [-0.3, -0.25) is 4.79 Å². The second-order valence-electron chi connectivity index (χ2n) is 5.83. The molecule has 1 heterocycles. The first kappa shape index (κ1) is 15.0. The number of nitrogens with one attached hydrogen (secondary N) is 2. The molecule has 25 heavy (non-hydrogen) atoms. The Morgan fingerprint density at radius 3 is 2.68 bits per heavy atom. The summed E-state index contributed by atoms with van der Waals surface area (Å²) in [6.45, 7) is 0. The summed E-state index contributed by atoms with van der Waals surface area (Å²) in [6.07, 6.45) is 3.47. The van der Waals surface area contributed by atoms with Gasteiger partial charge in [0.1, 0.15) is 0 Å². The highest BCUT2D eigenvalue weighted by Gasteiger charge is 2.08. The van der Waals surface area contributed by atoms with E-state index in [1.54, 1.807) is 6.21 Å². The Balaban J connectivity index is 1.61. The van der Waals surface area contributed by atoms with Gasteiger partial charge >= 0.3 is 0 Å². The fourth-order valence-electron chi connectivity index (χ4n) is 2.91. The Morgan fingerprint density at radius 2 is 1.80 bits per heavy atom. The lowest BCUT2D eigenvalue weighted by molar-refractivity contribution is 0.102. The quantitative estimate of drug-likeness (QED) is 0.303. The van der Waals surface area contributed by atoms with Gasteiger partial charge in [-0.2, -0.15) is 5.10 Å². The van der Waals surface area contributed by atoms with Crippen molar-refractivity contribution in [3.8, 4) is 0 Å². The van der Waals surface area contributed by atoms with E-state index in [2.05, 4.69) is 15.4 Å². The summed E-state index contributed by atoms with van der Waals surface area (Å²) in [6, 6.07) is 19.2. The van der Waals surface area contributed by atoms with Crippen LogP contribution in [0.4, 0.5) is 5.69 Å². The van der Waals surface area contributed by atoms with Gasteiger partial charge in [0.25, 0.3) is 5.91 Å². The zero-order valence-electron chi connectivity index (χ0n) is 13.4. The van der Waals surface area contributed by atoms with Gasteiger partial charge in [0.05, 0.1) is 6.21 Å². The highest BCUT2D eigenvalue weighted by atomic mass is 16.1. The molecule has 0 aliphatic rings. The lowest BCUT2D eigenvalue weighted by atomic mass is 10.0. The number of benzene rings is 3. The van der Waals surface area contributed by atoms with Crippen LogP contribution in [0.25, 0.3) is 21.7 Å². The maximum atomic E-state index is 12.5. The molecule has 0 fully saturated rings. The number of aromatic amines is 1. The monoisotopic (exact) mass is 328 g/mol. The summed E-state index contributed by atoms with van der Waals surface area (Å²) in [5.74, 6) is 5.05. The molecule has 1 amide bonds. The number of carbonyl (C=O) groups excluding carboxylic acids is 1. The summed E-state index contributed by atoms with van der Waals surface area (Å²) >= 11 is 0. The van der Waals surface area contributed by atoms with Crippen LogP contribution in [0.2, 0.25) is 0 Å². The van der Waals surface area contributed by atoms with Crippen molar-refractivity contribution in [3.63, 3.8) is 0 Å². The SMILES string of the molecule is NN=Cc1ccc2cc(C(=O)Nc3ccc4[nH]ccc4c3)ccc2c1. The molecule has 0 bridgehead atoms. The zero-order valence-corrected chi connectivity index (χ0v) is 13.4. The molecular weight excluding hydrogens is 312 g/mol. The number of hydrogen-bond acceptors (Lipinski definition) is 3. The van der Waals surface area contributed by atoms with Gasteiger partial charge in [-0.25, -0.2) is 0 Å². The van der Waals surface area contributed by atoms with Gasteiger partial charge in [-0.1, -0.05) is 18.2 Å². The van der Waals surface area contributed by atoms with Crippen LogP contribution in [-0.2, 0) is 0 Å². The summed E-state index contributed by atoms with van der Waals surface area (Å²) in [5.41, 5.74) is 3.35. The normalized spacial score (nSPS) is 11.4. The Hall–Kier alpha value is -3.60. The number of nitrogens with zero attached hydrogens (tertiary/aromatic N) is 1. The second kappa shape index (κ2) is 6.13. The first-order valence-electron chi connectivity index (χ1n) is 7.88. The van der Waals surface area contributed by atoms with Crippen LogP contribution in [0, 0.1) is 0 Å². The number of nitrogens with two attached hydrogens (primary N) is 1. The molecule has 4 aromatic rings. The minimum absolute atomic E-state index is 0.135. The lowest BCUT2D eigenvalue weighted by Crippen LogP contribution is -2.11. The van der Waals surface area contributed by atoms with E-state index >= 15 is 0 Å². The molecular formula is C20H16N4O. The van der Waals surface area contributed by atoms with Crippen LogP contribution < -0.4 is 11.2 Å². The number of aromatic nitrogens is 1. The average Bonchev–Trinajstić information content (AvgIpc) is 3.09. The predicted octanol–water partition coefficient (Wildman–Crippen LogP) is 3.87. The number of amides is 1. The number of hydrogen-bond donors (Lipinski definition) is 3. The van der Waals surface area contributed by atoms with Crippen molar-refractivity contribution in [1.29, 1.82) is 0 Å². The molecule has 0 aliphatic carbocycles. The molecule has 4 rings (SSSR count). The highest BCUT2D eigenvalue weighted by molar-refractivity contribution is 6.07. The third-order valence-electron chi connectivity index (χ3n) is 4.16. The molecule has 0 unspecified atom stereocenters. The molecule has 0 radical (unpaired) electrons. The molecule has 0 aliphatic heterocycles. The van der Waals surface area contributed by atoms with Crippen molar-refractivity contribution in [2.75, 3.05) is 5.32 Å². The van der Waals surface area contributed by atoms with E-state index in [9.17, 15) is 4.79 Å². The summed E-state index contributed by atoms with van der Waals surface area (Å²) in [7, 11) is 0. The maximum absolute atomic E-state index is 12.5. The van der Waals surface area contributed by atoms with Crippen LogP contribution in [0.3, 0.4) is 0 Å². The number of hydrazone groups is 1. The van der Waals surface area contributed by atoms with Crippen LogP contribution >= 0.6 is 0 Å². The average molecular weight is 328 g/mol. The van der Waals surface area contributed by atoms with Crippen molar-refractivity contribution >= 4 is 39.5 Å². The van der Waals surface area contributed by atoms with Crippen molar-refractivity contribution in [2.24, 2.45) is 10.9 Å². The molecule has 5 nitrogen and oxygen atoms in total. The van der Waals surface area contributed by atoms with Gasteiger partial charge in [0, 0.05) is 28.4 Å². The number of rotatable bonds is 3. The first-order valence-corrected chi connectivity index (χ1v) is 7.88. The van der Waals surface area contributed by atoms with Gasteiger partial charge in [0.2, 0.25) is 0 Å². The molecule has 122 valence electrons. The van der Waals surface area contributed by atoms with Gasteiger partial charge in [-0.15, -0.1) is 0 Å². The van der Waals surface area contributed by atoms with E-state index in [-0.39, 0.29) is 5.91 Å². The third kappa shape index (κ3) is 2.95. The van der Waals surface area contributed by atoms with Crippen LogP contribution in [-0.4, -0.2) is 17.1 Å². The number of carbonyl (C=O) groups is 1. The Morgan fingerprint density at radius 1 is 0.960 bits per heavy atom. The number of anilines is 1. The van der Waals surface area contributed by atoms with Crippen LogP contribution in [0.1, 0.15) is 15.9 Å². The van der Waals surface area contributed by atoms with Crippen molar-refractivity contribution in [1.82, 2.24) is 4.98 Å². The summed E-state index contributed by atoms with van der Waals surface area (Å²) in [4.78, 5) is 15.7. The standard InChI is InChI=1S/C20H16N4O/c21-23-12-13-1-2-15-10-17(4-3-14(15)9-13)20(25)24-18-5-6-19-16(11-18)7-8-22-19/h1-12,22H,21H2,(H,24,25). The molecule has 1 aromatic heterocycles. The van der Waals surface area contributed by atoms with E-state index in [0.29, 0.717) is 5.56 Å². The molecule has 0 atom stereocenters. The van der Waals surface area contributed by atoms with Gasteiger partial charge < -0.3 is 16.1 Å². The molecule has 0 spiro atoms. The second-order valence-corrected chi connectivity index (χ2v) is 5.83. The van der Waals surface area contributed by atoms with E-state index < -0.39 is 0 Å². The smallest absolute Gasteiger partial charge is 0.255 e. The van der Waals surface area contributed by atoms with E-state index in [1.807, 2.05) is 66.9 Å². The third-order valence-corrected chi connectivity index (χ3v) is 4.16. The number of fused-ring (bicyclic) bond motifs is 2. The Bertz CT molecular complexity index is 1110. The molecule has 4 N–H and O–H groups in total. The van der Waals surface area contributed by atoms with E-state index in [1.165, 1.54) is 0 Å². The topological polar surface area (TPSA) is 83.3 Å². The molecule has 0 saturated heterocycles. The van der Waals surface area contributed by atoms with Crippen LogP contribution in [0.15, 0.2) is 72.0 Å². The Labute approximate surface area is 144 Å². The number of H-pyrrole nitrogens is 1. The fraction of sp³-hybridized carbons (Fsp3) is 0. The minimum atomic E-state index is -0.135. The Kier molecular flexibility index (Phi) is 3.67. The summed E-state index contributed by atoms with van der Waals surface area (Å²) < 4.78 is 0. The van der Waals surface area contributed by atoms with E-state index in [0.717, 1.165) is 32.9 Å². The predicted molar refractivity (Wildman–Crippen MR) is 102 cm³/mol. The highest BCUT2D eigenvalue weighted by Crippen LogP contribution is 2.21. The van der Waals surface area contributed by atoms with E-state index in [4.69, 9.17) is 5.84 Å². The lowest BCUT2D eigenvalue weighted by Gasteiger charge is -2.07. The van der Waals surface area contributed by atoms with Gasteiger partial charge in [-0.05, 0) is 58.8 Å². The van der Waals surface area contributed by atoms with Crippen molar-refractivity contribution < 1.29 is 4.79 Å². The summed E-state index contributed by atoms with van der Waals surface area (Å²) in [5, 5.41) is 9.56. The molecule has 0 saturated carbocycles. The van der Waals surface area contributed by atoms with Crippen molar-refractivity contribution in [2.45, 2.75) is 0 Å². The minimum Gasteiger partial charge on any atom is -0.361 e. The molecule has 5 heteroatoms. The van der Waals surface area contributed by atoms with Crippen molar-refractivity contribution in [3.05, 3.63) is 78.0 Å².